The van der Waals surface area contributed by atoms with Gasteiger partial charge in [-0.3, -0.25) is 0 Å². The molecule has 48 valence electrons. The molecule has 0 atom stereocenters. The molecule has 0 aliphatic heterocycles. The van der Waals surface area contributed by atoms with Gasteiger partial charge in [0.25, 0.3) is 0 Å². The Balaban J connectivity index is 3.62. The standard InChI is InChI=1S/C4H10O3Si/c1-2-7-4(8)3(5)6/h5-6H,2H2,1,8H3. The smallest absolute Gasteiger partial charge is 0.307 e. The minimum Gasteiger partial charge on any atom is -0.497 e. The fourth-order valence-corrected chi connectivity index (χ4v) is 0.570. The zero-order chi connectivity index (χ0) is 6.57. The summed E-state index contributed by atoms with van der Waals surface area (Å²) in [6.07, 6.45) is 0. The quantitative estimate of drug-likeness (QED) is 0.400. The third-order valence-corrected chi connectivity index (χ3v) is 1.41. The van der Waals surface area contributed by atoms with E-state index in [4.69, 9.17) is 14.9 Å². The second-order valence-electron chi connectivity index (χ2n) is 1.31. The Bertz CT molecular complexity index is 95.5. The first-order valence-corrected chi connectivity index (χ1v) is 3.40. The summed E-state index contributed by atoms with van der Waals surface area (Å²) in [6, 6.07) is 0. The van der Waals surface area contributed by atoms with E-state index in [0.29, 0.717) is 22.2 Å². The van der Waals surface area contributed by atoms with Crippen LogP contribution in [0.25, 0.3) is 0 Å². The van der Waals surface area contributed by atoms with Crippen LogP contribution in [0, 0.1) is 0 Å². The van der Waals surface area contributed by atoms with Gasteiger partial charge in [-0.25, -0.2) is 0 Å². The summed E-state index contributed by atoms with van der Waals surface area (Å²) in [7, 11) is 0.541. The minimum absolute atomic E-state index is 0.299. The van der Waals surface area contributed by atoms with Gasteiger partial charge in [-0.05, 0) is 6.92 Å². The maximum Gasteiger partial charge on any atom is 0.307 e. The maximum absolute atomic E-state index is 8.30. The molecule has 0 aliphatic rings. The van der Waals surface area contributed by atoms with Crippen molar-refractivity contribution in [2.24, 2.45) is 0 Å². The van der Waals surface area contributed by atoms with Gasteiger partial charge in [0.05, 0.1) is 16.8 Å². The van der Waals surface area contributed by atoms with E-state index in [2.05, 4.69) is 0 Å². The Morgan fingerprint density at radius 1 is 1.62 bits per heavy atom. The molecule has 0 rings (SSSR count). The maximum atomic E-state index is 8.30. The molecule has 0 aromatic heterocycles. The molecule has 0 aromatic carbocycles. The highest BCUT2D eigenvalue weighted by molar-refractivity contribution is 6.20. The molecule has 8 heavy (non-hydrogen) atoms. The van der Waals surface area contributed by atoms with Crippen molar-refractivity contribution in [2.75, 3.05) is 6.61 Å². The molecule has 2 N–H and O–H groups in total. The summed E-state index contributed by atoms with van der Waals surface area (Å²) in [5.74, 6) is -0.682. The van der Waals surface area contributed by atoms with E-state index in [9.17, 15) is 0 Å². The van der Waals surface area contributed by atoms with Crippen LogP contribution in [0.1, 0.15) is 6.92 Å². The summed E-state index contributed by atoms with van der Waals surface area (Å²) in [5.41, 5.74) is 0. The third kappa shape index (κ3) is 2.52. The second-order valence-corrected chi connectivity index (χ2v) is 2.22. The van der Waals surface area contributed by atoms with E-state index in [1.54, 1.807) is 6.92 Å². The highest BCUT2D eigenvalue weighted by Gasteiger charge is 1.93. The van der Waals surface area contributed by atoms with Crippen LogP contribution in [0.5, 0.6) is 0 Å². The van der Waals surface area contributed by atoms with Crippen LogP contribution in [-0.4, -0.2) is 27.1 Å². The van der Waals surface area contributed by atoms with E-state index in [1.807, 2.05) is 0 Å². The van der Waals surface area contributed by atoms with Crippen LogP contribution in [0.2, 0.25) is 0 Å². The molecule has 3 nitrogen and oxygen atoms in total. The minimum atomic E-state index is -0.682. The van der Waals surface area contributed by atoms with Gasteiger partial charge in [-0.1, -0.05) is 0 Å². The van der Waals surface area contributed by atoms with Crippen LogP contribution in [0.4, 0.5) is 0 Å². The van der Waals surface area contributed by atoms with Crippen LogP contribution in [0.15, 0.2) is 11.3 Å². The molecule has 0 heterocycles. The molecular weight excluding hydrogens is 124 g/mol. The van der Waals surface area contributed by atoms with E-state index < -0.39 is 5.95 Å². The predicted octanol–water partition coefficient (Wildman–Crippen LogP) is -0.369. The highest BCUT2D eigenvalue weighted by atomic mass is 28.1. The van der Waals surface area contributed by atoms with Gasteiger partial charge in [0, 0.05) is 0 Å². The highest BCUT2D eigenvalue weighted by Crippen LogP contribution is 1.92. The molecular formula is C4H10O3Si. The van der Waals surface area contributed by atoms with Crippen molar-refractivity contribution in [3.8, 4) is 0 Å². The monoisotopic (exact) mass is 134 g/mol. The average Bonchev–Trinajstić information content (AvgIpc) is 1.67. The van der Waals surface area contributed by atoms with Crippen molar-refractivity contribution in [1.29, 1.82) is 0 Å². The van der Waals surface area contributed by atoms with Crippen LogP contribution < -0.4 is 0 Å². The lowest BCUT2D eigenvalue weighted by molar-refractivity contribution is 0.142. The molecule has 0 fully saturated rings. The number of rotatable bonds is 2. The van der Waals surface area contributed by atoms with Crippen molar-refractivity contribution in [3.05, 3.63) is 11.3 Å². The lowest BCUT2D eigenvalue weighted by Crippen LogP contribution is -1.95. The van der Waals surface area contributed by atoms with Gasteiger partial charge in [0.15, 0.2) is 0 Å². The topological polar surface area (TPSA) is 49.7 Å². The molecule has 0 radical (unpaired) electrons. The van der Waals surface area contributed by atoms with Gasteiger partial charge in [0.2, 0.25) is 0 Å². The fraction of sp³-hybridized carbons (Fsp3) is 0.500. The molecule has 0 aromatic rings. The molecule has 0 bridgehead atoms. The third-order valence-electron chi connectivity index (χ3n) is 0.676. The van der Waals surface area contributed by atoms with Crippen LogP contribution in [0.3, 0.4) is 0 Å². The Kier molecular flexibility index (Phi) is 3.10. The van der Waals surface area contributed by atoms with Crippen molar-refractivity contribution in [1.82, 2.24) is 0 Å². The van der Waals surface area contributed by atoms with Crippen molar-refractivity contribution < 1.29 is 14.9 Å². The van der Waals surface area contributed by atoms with E-state index in [0.717, 1.165) is 0 Å². The number of ether oxygens (including phenoxy) is 1. The SMILES string of the molecule is CCOC([SiH3])=C(O)O. The summed E-state index contributed by atoms with van der Waals surface area (Å²) < 4.78 is 4.74. The van der Waals surface area contributed by atoms with E-state index in [1.165, 1.54) is 0 Å². The summed E-state index contributed by atoms with van der Waals surface area (Å²) >= 11 is 0. The number of hydrogen-bond acceptors (Lipinski definition) is 3. The number of aliphatic hydroxyl groups is 2. The average molecular weight is 134 g/mol. The molecule has 0 saturated heterocycles. The first-order chi connectivity index (χ1) is 3.68. The van der Waals surface area contributed by atoms with Gasteiger partial charge in [-0.15, -0.1) is 0 Å². The predicted molar refractivity (Wildman–Crippen MR) is 33.8 cm³/mol. The zero-order valence-corrected chi connectivity index (χ0v) is 7.01. The van der Waals surface area contributed by atoms with Gasteiger partial charge < -0.3 is 14.9 Å². The van der Waals surface area contributed by atoms with E-state index >= 15 is 0 Å². The van der Waals surface area contributed by atoms with Crippen molar-refractivity contribution in [2.45, 2.75) is 6.92 Å². The lowest BCUT2D eigenvalue weighted by Gasteiger charge is -2.00. The number of aliphatic hydroxyl groups excluding tert-OH is 1. The summed E-state index contributed by atoms with van der Waals surface area (Å²) in [5, 5.41) is 16.9. The van der Waals surface area contributed by atoms with Crippen LogP contribution >= 0.6 is 0 Å². The Hall–Kier alpha value is -0.643. The Morgan fingerprint density at radius 3 is 2.25 bits per heavy atom. The van der Waals surface area contributed by atoms with Crippen molar-refractivity contribution in [3.63, 3.8) is 0 Å². The van der Waals surface area contributed by atoms with E-state index in [-0.39, 0.29) is 0 Å². The zero-order valence-electron chi connectivity index (χ0n) is 5.01. The first kappa shape index (κ1) is 7.36. The molecule has 0 aliphatic carbocycles. The normalized spacial score (nSPS) is 8.62. The number of hydrogen-bond donors (Lipinski definition) is 2. The van der Waals surface area contributed by atoms with Crippen molar-refractivity contribution >= 4 is 10.2 Å². The molecule has 0 spiro atoms. The molecule has 0 unspecified atom stereocenters. The Labute approximate surface area is 51.0 Å². The molecule has 4 heteroatoms. The van der Waals surface area contributed by atoms with Gasteiger partial charge in [-0.2, -0.15) is 0 Å². The second kappa shape index (κ2) is 3.37. The molecule has 0 amide bonds. The van der Waals surface area contributed by atoms with Crippen LogP contribution in [-0.2, 0) is 4.74 Å². The summed E-state index contributed by atoms with van der Waals surface area (Å²) in [6.45, 7) is 2.28. The fourth-order valence-electron chi connectivity index (χ4n) is 0.281. The lowest BCUT2D eigenvalue weighted by atomic mass is 10.8. The van der Waals surface area contributed by atoms with Gasteiger partial charge in [0.1, 0.15) is 5.38 Å². The first-order valence-electron chi connectivity index (χ1n) is 2.40. The Morgan fingerprint density at radius 2 is 2.12 bits per heavy atom. The summed E-state index contributed by atoms with van der Waals surface area (Å²) in [4.78, 5) is 0. The van der Waals surface area contributed by atoms with Gasteiger partial charge >= 0.3 is 5.95 Å². The molecule has 0 saturated carbocycles. The largest absolute Gasteiger partial charge is 0.497 e.